The van der Waals surface area contributed by atoms with Gasteiger partial charge in [0.1, 0.15) is 0 Å². The molecule has 0 N–H and O–H groups in total. The Morgan fingerprint density at radius 1 is 1.03 bits per heavy atom. The second kappa shape index (κ2) is 10.0. The molecule has 2 heterocycles. The number of benzene rings is 2. The van der Waals surface area contributed by atoms with Crippen LogP contribution >= 0.6 is 0 Å². The smallest absolute Gasteiger partial charge is 0.268 e. The van der Waals surface area contributed by atoms with Gasteiger partial charge in [-0.1, -0.05) is 36.4 Å². The standard InChI is InChI=1S/C25H28N4O3S/c1-27(16-8-17-28-18-15-26-20-28)25(30)14-7-9-21-19-29(24-13-6-5-12-23(21)24)33(31,32)22-10-3-2-4-11-22/h2-6,10-13,15,18-20H,7-9,14,16-17H2,1H3. The quantitative estimate of drug-likeness (QED) is 0.356. The highest BCUT2D eigenvalue weighted by Crippen LogP contribution is 2.27. The maximum absolute atomic E-state index is 13.2. The van der Waals surface area contributed by atoms with Crippen LogP contribution in [0.2, 0.25) is 0 Å². The normalized spacial score (nSPS) is 11.7. The number of para-hydroxylation sites is 1. The average molecular weight is 465 g/mol. The van der Waals surface area contributed by atoms with Crippen molar-refractivity contribution in [3.8, 4) is 0 Å². The van der Waals surface area contributed by atoms with E-state index in [4.69, 9.17) is 0 Å². The Morgan fingerprint density at radius 2 is 1.79 bits per heavy atom. The first-order valence-corrected chi connectivity index (χ1v) is 12.5. The number of aromatic nitrogens is 3. The number of imidazole rings is 1. The van der Waals surface area contributed by atoms with Crippen molar-refractivity contribution < 1.29 is 13.2 Å². The summed E-state index contributed by atoms with van der Waals surface area (Å²) in [5.41, 5.74) is 1.58. The first kappa shape index (κ1) is 22.8. The number of hydrogen-bond acceptors (Lipinski definition) is 4. The van der Waals surface area contributed by atoms with Crippen LogP contribution in [-0.4, -0.2) is 46.3 Å². The van der Waals surface area contributed by atoms with E-state index < -0.39 is 10.0 Å². The zero-order chi connectivity index (χ0) is 23.3. The maximum atomic E-state index is 13.2. The molecule has 33 heavy (non-hydrogen) atoms. The number of hydrogen-bond donors (Lipinski definition) is 0. The zero-order valence-corrected chi connectivity index (χ0v) is 19.5. The van der Waals surface area contributed by atoms with E-state index in [9.17, 15) is 13.2 Å². The topological polar surface area (TPSA) is 77.2 Å². The van der Waals surface area contributed by atoms with Gasteiger partial charge in [-0.05, 0) is 43.0 Å². The van der Waals surface area contributed by atoms with Crippen molar-refractivity contribution in [2.75, 3.05) is 13.6 Å². The highest BCUT2D eigenvalue weighted by atomic mass is 32.2. The van der Waals surface area contributed by atoms with Crippen LogP contribution in [0.25, 0.3) is 10.9 Å². The molecule has 0 fully saturated rings. The van der Waals surface area contributed by atoms with Crippen LogP contribution in [0.5, 0.6) is 0 Å². The predicted molar refractivity (Wildman–Crippen MR) is 128 cm³/mol. The van der Waals surface area contributed by atoms with E-state index in [2.05, 4.69) is 4.98 Å². The van der Waals surface area contributed by atoms with Crippen molar-refractivity contribution in [1.82, 2.24) is 18.4 Å². The van der Waals surface area contributed by atoms with Gasteiger partial charge in [-0.3, -0.25) is 4.79 Å². The third kappa shape index (κ3) is 5.17. The number of aryl methyl sites for hydroxylation is 2. The predicted octanol–water partition coefficient (Wildman–Crippen LogP) is 3.95. The molecule has 0 atom stereocenters. The van der Waals surface area contributed by atoms with E-state index in [1.165, 1.54) is 3.97 Å². The van der Waals surface area contributed by atoms with Crippen molar-refractivity contribution >= 4 is 26.8 Å². The third-order valence-corrected chi connectivity index (χ3v) is 7.48. The molecule has 0 aliphatic carbocycles. The Bertz CT molecular complexity index is 1310. The molecule has 0 aliphatic rings. The number of carbonyl (C=O) groups is 1. The highest BCUT2D eigenvalue weighted by Gasteiger charge is 2.21. The molecule has 4 rings (SSSR count). The molecular formula is C25H28N4O3S. The summed E-state index contributed by atoms with van der Waals surface area (Å²) in [6.45, 7) is 1.51. The summed E-state index contributed by atoms with van der Waals surface area (Å²) in [5.74, 6) is 0.0984. The van der Waals surface area contributed by atoms with Crippen molar-refractivity contribution in [3.63, 3.8) is 0 Å². The fraction of sp³-hybridized carbons (Fsp3) is 0.280. The number of fused-ring (bicyclic) bond motifs is 1. The summed E-state index contributed by atoms with van der Waals surface area (Å²) in [6, 6.07) is 15.9. The summed E-state index contributed by atoms with van der Waals surface area (Å²) in [7, 11) is -1.87. The lowest BCUT2D eigenvalue weighted by atomic mass is 10.1. The van der Waals surface area contributed by atoms with Gasteiger partial charge >= 0.3 is 0 Å². The molecule has 0 saturated heterocycles. The SMILES string of the molecule is CN(CCCn1ccnc1)C(=O)CCCc1cn(S(=O)(=O)c2ccccc2)c2ccccc12. The van der Waals surface area contributed by atoms with Crippen molar-refractivity contribution in [2.45, 2.75) is 37.1 Å². The van der Waals surface area contributed by atoms with Crippen LogP contribution in [0.4, 0.5) is 0 Å². The lowest BCUT2D eigenvalue weighted by Crippen LogP contribution is -2.28. The van der Waals surface area contributed by atoms with Crippen LogP contribution < -0.4 is 0 Å². The van der Waals surface area contributed by atoms with Gasteiger partial charge in [0.25, 0.3) is 10.0 Å². The summed E-state index contributed by atoms with van der Waals surface area (Å²) < 4.78 is 29.8. The maximum Gasteiger partial charge on any atom is 0.268 e. The zero-order valence-electron chi connectivity index (χ0n) is 18.7. The molecule has 0 spiro atoms. The fourth-order valence-electron chi connectivity index (χ4n) is 3.98. The van der Waals surface area contributed by atoms with Crippen molar-refractivity contribution in [2.24, 2.45) is 0 Å². The first-order chi connectivity index (χ1) is 16.0. The molecule has 7 nitrogen and oxygen atoms in total. The molecule has 0 unspecified atom stereocenters. The van der Waals surface area contributed by atoms with Gasteiger partial charge in [0, 0.05) is 50.5 Å². The molecule has 2 aromatic heterocycles. The third-order valence-electron chi connectivity index (χ3n) is 5.79. The second-order valence-electron chi connectivity index (χ2n) is 8.11. The van der Waals surface area contributed by atoms with Gasteiger partial charge < -0.3 is 9.47 Å². The second-order valence-corrected chi connectivity index (χ2v) is 9.92. The first-order valence-electron chi connectivity index (χ1n) is 11.1. The lowest BCUT2D eigenvalue weighted by molar-refractivity contribution is -0.130. The van der Waals surface area contributed by atoms with E-state index in [0.717, 1.165) is 23.9 Å². The minimum absolute atomic E-state index is 0.0984. The van der Waals surface area contributed by atoms with Gasteiger partial charge in [0.05, 0.1) is 16.7 Å². The van der Waals surface area contributed by atoms with Crippen molar-refractivity contribution in [3.05, 3.63) is 85.1 Å². The Hall–Kier alpha value is -3.39. The van der Waals surface area contributed by atoms with Gasteiger partial charge in [-0.15, -0.1) is 0 Å². The lowest BCUT2D eigenvalue weighted by Gasteiger charge is -2.17. The molecule has 172 valence electrons. The monoisotopic (exact) mass is 464 g/mol. The number of rotatable bonds is 10. The summed E-state index contributed by atoms with van der Waals surface area (Å²) in [6.07, 6.45) is 9.71. The van der Waals surface area contributed by atoms with Crippen LogP contribution in [0.1, 0.15) is 24.8 Å². The average Bonchev–Trinajstić information content (AvgIpc) is 3.48. The van der Waals surface area contributed by atoms with Gasteiger partial charge in [0.15, 0.2) is 0 Å². The van der Waals surface area contributed by atoms with E-state index in [1.807, 2.05) is 42.1 Å². The summed E-state index contributed by atoms with van der Waals surface area (Å²) in [5, 5.41) is 0.901. The summed E-state index contributed by atoms with van der Waals surface area (Å²) >= 11 is 0. The molecule has 8 heteroatoms. The van der Waals surface area contributed by atoms with Crippen LogP contribution in [0.15, 0.2) is 84.4 Å². The summed E-state index contributed by atoms with van der Waals surface area (Å²) in [4.78, 5) is 18.6. The number of nitrogens with zero attached hydrogens (tertiary/aromatic N) is 4. The largest absolute Gasteiger partial charge is 0.346 e. The van der Waals surface area contributed by atoms with Gasteiger partial charge in [-0.25, -0.2) is 17.4 Å². The van der Waals surface area contributed by atoms with Crippen LogP contribution in [0, 0.1) is 0 Å². The molecule has 0 saturated carbocycles. The molecule has 0 bridgehead atoms. The minimum Gasteiger partial charge on any atom is -0.346 e. The molecule has 2 aromatic carbocycles. The van der Waals surface area contributed by atoms with E-state index in [1.54, 1.807) is 54.0 Å². The molecule has 4 aromatic rings. The van der Waals surface area contributed by atoms with Gasteiger partial charge in [-0.2, -0.15) is 0 Å². The number of carbonyl (C=O) groups excluding carboxylic acids is 1. The van der Waals surface area contributed by atoms with Crippen molar-refractivity contribution in [1.29, 1.82) is 0 Å². The van der Waals surface area contributed by atoms with E-state index >= 15 is 0 Å². The molecular weight excluding hydrogens is 436 g/mol. The fourth-order valence-corrected chi connectivity index (χ4v) is 5.39. The van der Waals surface area contributed by atoms with Gasteiger partial charge in [0.2, 0.25) is 5.91 Å². The highest BCUT2D eigenvalue weighted by molar-refractivity contribution is 7.90. The molecule has 1 amide bonds. The molecule has 0 aliphatic heterocycles. The Balaban J connectivity index is 1.40. The minimum atomic E-state index is -3.69. The molecule has 0 radical (unpaired) electrons. The Morgan fingerprint density at radius 3 is 2.55 bits per heavy atom. The van der Waals surface area contributed by atoms with E-state index in [-0.39, 0.29) is 10.8 Å². The number of amides is 1. The van der Waals surface area contributed by atoms with Crippen LogP contribution in [-0.2, 0) is 27.8 Å². The Kier molecular flexibility index (Phi) is 6.93. The van der Waals surface area contributed by atoms with E-state index in [0.29, 0.717) is 31.3 Å². The van der Waals surface area contributed by atoms with Crippen LogP contribution in [0.3, 0.4) is 0 Å². The Labute approximate surface area is 194 Å².